The maximum absolute atomic E-state index is 15.6. The summed E-state index contributed by atoms with van der Waals surface area (Å²) in [5.41, 5.74) is 7.55. The van der Waals surface area contributed by atoms with Crippen molar-refractivity contribution >= 4 is 27.8 Å². The van der Waals surface area contributed by atoms with E-state index in [9.17, 15) is 0 Å². The van der Waals surface area contributed by atoms with Gasteiger partial charge in [-0.15, -0.1) is 0 Å². The van der Waals surface area contributed by atoms with Crippen molar-refractivity contribution < 1.29 is 9.13 Å². The van der Waals surface area contributed by atoms with Crippen LogP contribution < -0.4 is 9.64 Å². The third-order valence-electron chi connectivity index (χ3n) is 7.17. The second-order valence-electron chi connectivity index (χ2n) is 9.18. The summed E-state index contributed by atoms with van der Waals surface area (Å²) in [5, 5.41) is 1.86. The lowest BCUT2D eigenvalue weighted by molar-refractivity contribution is 0.477. The van der Waals surface area contributed by atoms with Crippen molar-refractivity contribution in [3.8, 4) is 45.1 Å². The highest BCUT2D eigenvalue weighted by Gasteiger charge is 2.29. The van der Waals surface area contributed by atoms with E-state index in [0.717, 1.165) is 61.7 Å². The number of rotatable bonds is 2. The van der Waals surface area contributed by atoms with Gasteiger partial charge in [-0.3, -0.25) is 9.97 Å². The highest BCUT2D eigenvalue weighted by molar-refractivity contribution is 6.17. The highest BCUT2D eigenvalue weighted by atomic mass is 19.1. The molecule has 4 nitrogen and oxygen atoms in total. The number of ether oxygens (including phenoxy) is 1. The van der Waals surface area contributed by atoms with Crippen LogP contribution in [0.1, 0.15) is 0 Å². The molecule has 5 aromatic carbocycles. The van der Waals surface area contributed by atoms with Gasteiger partial charge in [-0.2, -0.15) is 0 Å². The van der Waals surface area contributed by atoms with Gasteiger partial charge in [0.2, 0.25) is 0 Å². The van der Waals surface area contributed by atoms with Crippen LogP contribution in [-0.2, 0) is 0 Å². The molecule has 0 N–H and O–H groups in total. The molecule has 2 heterocycles. The summed E-state index contributed by atoms with van der Waals surface area (Å²) in [4.78, 5) is 11.1. The minimum atomic E-state index is -0.283. The molecule has 0 fully saturated rings. The van der Waals surface area contributed by atoms with Crippen LogP contribution in [0.4, 0.5) is 21.5 Å². The van der Waals surface area contributed by atoms with Gasteiger partial charge in [-0.1, -0.05) is 54.6 Å². The molecule has 8 rings (SSSR count). The number of hydrogen-bond acceptors (Lipinski definition) is 4. The van der Waals surface area contributed by atoms with E-state index in [1.807, 2.05) is 54.6 Å². The van der Waals surface area contributed by atoms with Gasteiger partial charge in [-0.25, -0.2) is 4.39 Å². The van der Waals surface area contributed by atoms with Gasteiger partial charge in [0.25, 0.3) is 0 Å². The molecule has 0 amide bonds. The fourth-order valence-electron chi connectivity index (χ4n) is 5.60. The number of halogens is 1. The predicted molar refractivity (Wildman–Crippen MR) is 144 cm³/mol. The second-order valence-corrected chi connectivity index (χ2v) is 9.18. The predicted octanol–water partition coefficient (Wildman–Crippen LogP) is 8.66. The van der Waals surface area contributed by atoms with Gasteiger partial charge in [0.05, 0.1) is 17.1 Å². The van der Waals surface area contributed by atoms with Crippen LogP contribution in [-0.4, -0.2) is 9.97 Å². The molecule has 6 aromatic rings. The largest absolute Gasteiger partial charge is 0.453 e. The average Bonchev–Trinajstić information content (AvgIpc) is 3.30. The SMILES string of the molecule is Fc1cc(-c2ccc(N3c4ccccc4Oc4ccccc43)cc2)c2cccc3c2c1-c1nccnc1-3. The summed E-state index contributed by atoms with van der Waals surface area (Å²) in [5.74, 6) is 1.33. The lowest BCUT2D eigenvalue weighted by atomic mass is 9.94. The number of fused-ring (bicyclic) bond motifs is 5. The third kappa shape index (κ3) is 2.82. The molecule has 0 saturated carbocycles. The van der Waals surface area contributed by atoms with Crippen molar-refractivity contribution in [2.24, 2.45) is 0 Å². The summed E-state index contributed by atoms with van der Waals surface area (Å²) < 4.78 is 21.7. The summed E-state index contributed by atoms with van der Waals surface area (Å²) in [6.07, 6.45) is 3.27. The van der Waals surface area contributed by atoms with E-state index in [2.05, 4.69) is 51.3 Å². The maximum atomic E-state index is 15.6. The van der Waals surface area contributed by atoms with E-state index in [4.69, 9.17) is 4.74 Å². The zero-order valence-corrected chi connectivity index (χ0v) is 19.5. The Kier molecular flexibility index (Phi) is 4.08. The van der Waals surface area contributed by atoms with Gasteiger partial charge in [0.1, 0.15) is 11.5 Å². The van der Waals surface area contributed by atoms with Crippen LogP contribution >= 0.6 is 0 Å². The second kappa shape index (κ2) is 7.48. The van der Waals surface area contributed by atoms with E-state index in [1.165, 1.54) is 0 Å². The van der Waals surface area contributed by atoms with Gasteiger partial charge in [0, 0.05) is 34.6 Å². The topological polar surface area (TPSA) is 38.2 Å². The van der Waals surface area contributed by atoms with Crippen molar-refractivity contribution in [2.45, 2.75) is 0 Å². The van der Waals surface area contributed by atoms with Crippen LogP contribution in [0.15, 0.2) is 109 Å². The van der Waals surface area contributed by atoms with Crippen LogP contribution in [0.5, 0.6) is 11.5 Å². The Morgan fingerprint density at radius 1 is 0.649 bits per heavy atom. The zero-order valence-electron chi connectivity index (χ0n) is 19.5. The van der Waals surface area contributed by atoms with Crippen LogP contribution in [0.2, 0.25) is 0 Å². The van der Waals surface area contributed by atoms with Crippen molar-refractivity contribution in [2.75, 3.05) is 4.90 Å². The monoisotopic (exact) mass is 479 g/mol. The molecule has 0 unspecified atom stereocenters. The summed E-state index contributed by atoms with van der Waals surface area (Å²) in [6.45, 7) is 0. The summed E-state index contributed by atoms with van der Waals surface area (Å²) >= 11 is 0. The maximum Gasteiger partial charge on any atom is 0.151 e. The summed E-state index contributed by atoms with van der Waals surface area (Å²) in [7, 11) is 0. The molecule has 0 radical (unpaired) electrons. The zero-order chi connectivity index (χ0) is 24.5. The lowest BCUT2D eigenvalue weighted by Crippen LogP contribution is -2.15. The standard InChI is InChI=1S/C32H18FN3O/c33-24-18-23(21-6-5-7-22-29(21)30(24)32-31(22)34-16-17-35-32)19-12-14-20(15-13-19)36-25-8-1-3-10-27(25)37-28-11-4-2-9-26(28)36/h1-18H. The molecule has 2 aliphatic rings. The van der Waals surface area contributed by atoms with E-state index in [0.29, 0.717) is 11.3 Å². The Morgan fingerprint density at radius 2 is 1.32 bits per heavy atom. The molecule has 0 saturated heterocycles. The lowest BCUT2D eigenvalue weighted by Gasteiger charge is -2.32. The number of nitrogens with zero attached hydrogens (tertiary/aromatic N) is 3. The fourth-order valence-corrected chi connectivity index (χ4v) is 5.60. The van der Waals surface area contributed by atoms with Gasteiger partial charge in [0.15, 0.2) is 11.5 Å². The Hall–Kier alpha value is -5.03. The third-order valence-corrected chi connectivity index (χ3v) is 7.17. The van der Waals surface area contributed by atoms with Crippen molar-refractivity contribution in [3.05, 3.63) is 115 Å². The molecule has 174 valence electrons. The average molecular weight is 480 g/mol. The first-order valence-electron chi connectivity index (χ1n) is 12.1. The van der Waals surface area contributed by atoms with Crippen molar-refractivity contribution in [1.29, 1.82) is 0 Å². The van der Waals surface area contributed by atoms with Gasteiger partial charge < -0.3 is 9.64 Å². The number of anilines is 3. The van der Waals surface area contributed by atoms with E-state index in [1.54, 1.807) is 18.5 Å². The highest BCUT2D eigenvalue weighted by Crippen LogP contribution is 2.51. The fraction of sp³-hybridized carbons (Fsp3) is 0. The minimum absolute atomic E-state index is 0.283. The van der Waals surface area contributed by atoms with E-state index in [-0.39, 0.29) is 5.82 Å². The van der Waals surface area contributed by atoms with Crippen LogP contribution in [0.25, 0.3) is 44.4 Å². The van der Waals surface area contributed by atoms with E-state index < -0.39 is 0 Å². The first-order valence-corrected chi connectivity index (χ1v) is 12.1. The van der Waals surface area contributed by atoms with Crippen LogP contribution in [0, 0.1) is 5.82 Å². The Morgan fingerprint density at radius 3 is 2.05 bits per heavy atom. The minimum Gasteiger partial charge on any atom is -0.453 e. The molecular weight excluding hydrogens is 461 g/mol. The number of aromatic nitrogens is 2. The first kappa shape index (κ1) is 20.2. The molecule has 0 bridgehead atoms. The van der Waals surface area contributed by atoms with E-state index >= 15 is 4.39 Å². The first-order chi connectivity index (χ1) is 18.3. The molecule has 1 aliphatic heterocycles. The number of hydrogen-bond donors (Lipinski definition) is 0. The Labute approximate surface area is 212 Å². The molecule has 1 aromatic heterocycles. The normalized spacial score (nSPS) is 12.6. The number of para-hydroxylation sites is 4. The molecule has 0 atom stereocenters. The summed E-state index contributed by atoms with van der Waals surface area (Å²) in [6, 6.07) is 32.0. The molecular formula is C32H18FN3O. The molecule has 5 heteroatoms. The van der Waals surface area contributed by atoms with Gasteiger partial charge in [-0.05, 0) is 59.0 Å². The van der Waals surface area contributed by atoms with Crippen molar-refractivity contribution in [3.63, 3.8) is 0 Å². The Balaban J connectivity index is 1.28. The number of benzene rings is 5. The quantitative estimate of drug-likeness (QED) is 0.249. The van der Waals surface area contributed by atoms with Crippen molar-refractivity contribution in [1.82, 2.24) is 9.97 Å². The van der Waals surface area contributed by atoms with Gasteiger partial charge >= 0.3 is 0 Å². The smallest absolute Gasteiger partial charge is 0.151 e. The molecule has 0 spiro atoms. The molecule has 1 aliphatic carbocycles. The molecule has 37 heavy (non-hydrogen) atoms. The van der Waals surface area contributed by atoms with Crippen LogP contribution in [0.3, 0.4) is 0 Å². The Bertz CT molecular complexity index is 1840.